The standard InChI is InChI=1S/C23H36N2O4S/c1-17-9-11-19(12-10-17)30(26,27)25-24-21-8-6-7-18(2)20(21)13-14-23(5)28-15-22(3,4)16-29-23/h9-12,18,20,25H,6-8,13-16H2,1-5H3. The Balaban J connectivity index is 1.67. The van der Waals surface area contributed by atoms with E-state index < -0.39 is 15.8 Å². The molecule has 0 amide bonds. The first-order chi connectivity index (χ1) is 14.0. The Morgan fingerprint density at radius 1 is 1.13 bits per heavy atom. The van der Waals surface area contributed by atoms with E-state index in [1.165, 1.54) is 0 Å². The van der Waals surface area contributed by atoms with Crippen molar-refractivity contribution in [3.05, 3.63) is 29.8 Å². The van der Waals surface area contributed by atoms with E-state index in [1.807, 2.05) is 13.8 Å². The van der Waals surface area contributed by atoms with Gasteiger partial charge < -0.3 is 9.47 Å². The van der Waals surface area contributed by atoms with Gasteiger partial charge in [-0.05, 0) is 57.6 Å². The summed E-state index contributed by atoms with van der Waals surface area (Å²) in [6.07, 6.45) is 4.60. The molecule has 168 valence electrons. The second-order valence-electron chi connectivity index (χ2n) is 9.90. The van der Waals surface area contributed by atoms with Gasteiger partial charge in [0.05, 0.1) is 18.1 Å². The quantitative estimate of drug-likeness (QED) is 0.659. The molecule has 7 heteroatoms. The van der Waals surface area contributed by atoms with E-state index in [0.29, 0.717) is 19.1 Å². The van der Waals surface area contributed by atoms with Gasteiger partial charge >= 0.3 is 0 Å². The van der Waals surface area contributed by atoms with Gasteiger partial charge in [0.2, 0.25) is 0 Å². The zero-order chi connectivity index (χ0) is 22.0. The fraction of sp³-hybridized carbons (Fsp3) is 0.696. The normalized spacial score (nSPS) is 27.7. The number of ether oxygens (including phenoxy) is 2. The smallest absolute Gasteiger partial charge is 0.276 e. The fourth-order valence-electron chi connectivity index (χ4n) is 4.14. The summed E-state index contributed by atoms with van der Waals surface area (Å²) >= 11 is 0. The maximum atomic E-state index is 12.6. The van der Waals surface area contributed by atoms with Gasteiger partial charge in [0, 0.05) is 23.5 Å². The molecule has 2 unspecified atom stereocenters. The summed E-state index contributed by atoms with van der Waals surface area (Å²) in [7, 11) is -3.66. The lowest BCUT2D eigenvalue weighted by atomic mass is 9.76. The van der Waals surface area contributed by atoms with Crippen molar-refractivity contribution in [2.24, 2.45) is 22.4 Å². The number of rotatable bonds is 6. The number of nitrogens with zero attached hydrogens (tertiary/aromatic N) is 1. The number of nitrogens with one attached hydrogen (secondary N) is 1. The van der Waals surface area contributed by atoms with E-state index in [1.54, 1.807) is 24.3 Å². The van der Waals surface area contributed by atoms with E-state index >= 15 is 0 Å². The average Bonchev–Trinajstić information content (AvgIpc) is 2.69. The van der Waals surface area contributed by atoms with E-state index in [-0.39, 0.29) is 16.2 Å². The summed E-state index contributed by atoms with van der Waals surface area (Å²) in [6.45, 7) is 11.8. The molecule has 30 heavy (non-hydrogen) atoms. The highest BCUT2D eigenvalue weighted by molar-refractivity contribution is 7.89. The summed E-state index contributed by atoms with van der Waals surface area (Å²) in [5, 5.41) is 4.39. The summed E-state index contributed by atoms with van der Waals surface area (Å²) in [4.78, 5) is 2.70. The Labute approximate surface area is 181 Å². The maximum absolute atomic E-state index is 12.6. The van der Waals surface area contributed by atoms with Gasteiger partial charge in [-0.25, -0.2) is 4.83 Å². The average molecular weight is 437 g/mol. The first kappa shape index (κ1) is 23.2. The minimum atomic E-state index is -3.66. The van der Waals surface area contributed by atoms with E-state index in [9.17, 15) is 8.42 Å². The molecule has 1 aromatic rings. The molecule has 0 spiro atoms. The largest absolute Gasteiger partial charge is 0.350 e. The van der Waals surface area contributed by atoms with Crippen molar-refractivity contribution in [3.63, 3.8) is 0 Å². The van der Waals surface area contributed by atoms with Gasteiger partial charge in [-0.1, -0.05) is 38.5 Å². The SMILES string of the molecule is Cc1ccc(S(=O)(=O)NN=C2CCCC(C)C2CCC2(C)OCC(C)(C)CO2)cc1. The van der Waals surface area contributed by atoms with E-state index in [2.05, 4.69) is 30.7 Å². The van der Waals surface area contributed by atoms with Crippen LogP contribution < -0.4 is 4.83 Å². The lowest BCUT2D eigenvalue weighted by Gasteiger charge is -2.42. The van der Waals surface area contributed by atoms with Gasteiger partial charge in [0.1, 0.15) is 0 Å². The lowest BCUT2D eigenvalue weighted by Crippen LogP contribution is -2.46. The number of hydrogen-bond donors (Lipinski definition) is 1. The Bertz CT molecular complexity index is 852. The van der Waals surface area contributed by atoms with E-state index in [0.717, 1.165) is 43.4 Å². The van der Waals surface area contributed by atoms with Crippen LogP contribution in [0.15, 0.2) is 34.3 Å². The van der Waals surface area contributed by atoms with Crippen LogP contribution in [0.1, 0.15) is 65.4 Å². The Morgan fingerprint density at radius 3 is 2.40 bits per heavy atom. The van der Waals surface area contributed by atoms with Crippen molar-refractivity contribution in [3.8, 4) is 0 Å². The highest BCUT2D eigenvalue weighted by Crippen LogP contribution is 2.37. The van der Waals surface area contributed by atoms with Crippen LogP contribution in [-0.4, -0.2) is 33.1 Å². The summed E-state index contributed by atoms with van der Waals surface area (Å²) in [5.41, 5.74) is 1.99. The predicted octanol–water partition coefficient (Wildman–Crippen LogP) is 4.63. The highest BCUT2D eigenvalue weighted by atomic mass is 32.2. The molecule has 0 bridgehead atoms. The minimum Gasteiger partial charge on any atom is -0.350 e. The minimum absolute atomic E-state index is 0.0402. The first-order valence-corrected chi connectivity index (χ1v) is 12.4. The van der Waals surface area contributed by atoms with Crippen molar-refractivity contribution in [2.45, 2.75) is 77.4 Å². The second kappa shape index (κ2) is 8.97. The Morgan fingerprint density at radius 2 is 1.77 bits per heavy atom. The molecule has 1 aliphatic heterocycles. The molecule has 1 saturated heterocycles. The molecule has 2 atom stereocenters. The molecule has 1 N–H and O–H groups in total. The number of hydrazone groups is 1. The Hall–Kier alpha value is -1.44. The molecule has 2 aliphatic rings. The van der Waals surface area contributed by atoms with Crippen LogP contribution in [0.4, 0.5) is 0 Å². The van der Waals surface area contributed by atoms with Crippen molar-refractivity contribution < 1.29 is 17.9 Å². The Kier molecular flexibility index (Phi) is 6.94. The molecule has 1 heterocycles. The number of sulfonamides is 1. The third-order valence-corrected chi connectivity index (χ3v) is 7.52. The molecule has 6 nitrogen and oxygen atoms in total. The molecule has 0 aromatic heterocycles. The third kappa shape index (κ3) is 5.83. The summed E-state index contributed by atoms with van der Waals surface area (Å²) in [5.74, 6) is 0.0857. The molecule has 1 saturated carbocycles. The van der Waals surface area contributed by atoms with Crippen LogP contribution in [0.2, 0.25) is 0 Å². The molecule has 3 rings (SSSR count). The summed E-state index contributed by atoms with van der Waals surface area (Å²) in [6, 6.07) is 6.80. The maximum Gasteiger partial charge on any atom is 0.276 e. The monoisotopic (exact) mass is 436 g/mol. The molecule has 1 aromatic carbocycles. The lowest BCUT2D eigenvalue weighted by molar-refractivity contribution is -0.292. The van der Waals surface area contributed by atoms with Crippen molar-refractivity contribution in [1.29, 1.82) is 0 Å². The van der Waals surface area contributed by atoms with Gasteiger partial charge in [-0.2, -0.15) is 13.5 Å². The zero-order valence-corrected chi connectivity index (χ0v) is 19.7. The molecule has 0 radical (unpaired) electrons. The topological polar surface area (TPSA) is 77.0 Å². The molecule has 1 aliphatic carbocycles. The summed E-state index contributed by atoms with van der Waals surface area (Å²) < 4.78 is 37.4. The van der Waals surface area contributed by atoms with Gasteiger partial charge in [-0.15, -0.1) is 0 Å². The number of hydrogen-bond acceptors (Lipinski definition) is 5. The molecular weight excluding hydrogens is 400 g/mol. The van der Waals surface area contributed by atoms with Crippen LogP contribution in [0.5, 0.6) is 0 Å². The van der Waals surface area contributed by atoms with Gasteiger partial charge in [-0.3, -0.25) is 0 Å². The van der Waals surface area contributed by atoms with Gasteiger partial charge in [0.15, 0.2) is 5.79 Å². The van der Waals surface area contributed by atoms with E-state index in [4.69, 9.17) is 9.47 Å². The van der Waals surface area contributed by atoms with Crippen LogP contribution in [0.3, 0.4) is 0 Å². The van der Waals surface area contributed by atoms with Crippen LogP contribution in [0.25, 0.3) is 0 Å². The van der Waals surface area contributed by atoms with Crippen molar-refractivity contribution in [2.75, 3.05) is 13.2 Å². The highest BCUT2D eigenvalue weighted by Gasteiger charge is 2.38. The number of benzene rings is 1. The van der Waals surface area contributed by atoms with Gasteiger partial charge in [0.25, 0.3) is 10.0 Å². The zero-order valence-electron chi connectivity index (χ0n) is 18.9. The van der Waals surface area contributed by atoms with Crippen LogP contribution >= 0.6 is 0 Å². The van der Waals surface area contributed by atoms with Crippen LogP contribution in [-0.2, 0) is 19.5 Å². The molecular formula is C23H36N2O4S. The van der Waals surface area contributed by atoms with Crippen LogP contribution in [0, 0.1) is 24.2 Å². The number of aryl methyl sites for hydroxylation is 1. The second-order valence-corrected chi connectivity index (χ2v) is 11.6. The predicted molar refractivity (Wildman–Crippen MR) is 119 cm³/mol. The first-order valence-electron chi connectivity index (χ1n) is 10.9. The van der Waals surface area contributed by atoms with Crippen molar-refractivity contribution in [1.82, 2.24) is 4.83 Å². The van der Waals surface area contributed by atoms with Crippen molar-refractivity contribution >= 4 is 15.7 Å². The molecule has 2 fully saturated rings. The third-order valence-electron chi connectivity index (χ3n) is 6.29. The fourth-order valence-corrected chi connectivity index (χ4v) is 4.98.